The Morgan fingerprint density at radius 3 is 2.38 bits per heavy atom. The second kappa shape index (κ2) is 10.6. The zero-order valence-corrected chi connectivity index (χ0v) is 17.9. The van der Waals surface area contributed by atoms with Crippen molar-refractivity contribution in [2.45, 2.75) is 13.1 Å². The van der Waals surface area contributed by atoms with Gasteiger partial charge in [-0.25, -0.2) is 0 Å². The first-order chi connectivity index (χ1) is 11.6. The summed E-state index contributed by atoms with van der Waals surface area (Å²) in [6.07, 6.45) is 1.59. The van der Waals surface area contributed by atoms with Crippen molar-refractivity contribution in [3.63, 3.8) is 0 Å². The number of rotatable bonds is 5. The van der Waals surface area contributed by atoms with Gasteiger partial charge in [0.05, 0.1) is 6.54 Å². The summed E-state index contributed by atoms with van der Waals surface area (Å²) in [6, 6.07) is 13.4. The van der Waals surface area contributed by atoms with Gasteiger partial charge in [-0.15, -0.1) is 12.3 Å². The topological polar surface area (TPSA) is 45.5 Å². The Morgan fingerprint density at radius 2 is 1.77 bits per heavy atom. The molecule has 0 spiro atoms. The maximum atomic E-state index is 12.3. The van der Waals surface area contributed by atoms with Crippen molar-refractivity contribution in [3.8, 4) is 0 Å². The maximum Gasteiger partial charge on any atom is 0.180 e. The molecule has 0 saturated carbocycles. The van der Waals surface area contributed by atoms with Crippen LogP contribution in [-0.4, -0.2) is 61.8 Å². The summed E-state index contributed by atoms with van der Waals surface area (Å²) >= 11 is 0. The molecule has 0 N–H and O–H groups in total. The molecule has 5 nitrogen and oxygen atoms in total. The molecule has 3 radical (unpaired) electrons. The van der Waals surface area contributed by atoms with Gasteiger partial charge in [-0.2, -0.15) is 12.1 Å². The molecular formula is C19H22BN3O2W-. The number of ketones is 1. The van der Waals surface area contributed by atoms with Crippen molar-refractivity contribution in [2.24, 2.45) is 0 Å². The van der Waals surface area contributed by atoms with Crippen molar-refractivity contribution in [1.29, 1.82) is 0 Å². The first-order valence-corrected chi connectivity index (χ1v) is 8.21. The van der Waals surface area contributed by atoms with E-state index >= 15 is 0 Å². The Hall–Kier alpha value is -1.49. The average molecular weight is 519 g/mol. The molecule has 0 unspecified atom stereocenters. The van der Waals surface area contributed by atoms with Gasteiger partial charge in [0, 0.05) is 67.8 Å². The number of nitrogens with zero attached hydrogens (tertiary/aromatic N) is 3. The molecule has 0 aliphatic carbocycles. The third-order valence-corrected chi connectivity index (χ3v) is 4.43. The van der Waals surface area contributed by atoms with Crippen LogP contribution in [0.15, 0.2) is 47.4 Å². The fourth-order valence-corrected chi connectivity index (χ4v) is 2.85. The SMILES string of the molecule is CN1CCN(Cc2ccc(C(=O)Cn3cc[c-]cc3=O)cc2)CC1.[B].[W]. The Bertz CT molecular complexity index is 756. The van der Waals surface area contributed by atoms with Gasteiger partial charge in [0.15, 0.2) is 5.78 Å². The van der Waals surface area contributed by atoms with E-state index in [1.54, 1.807) is 12.3 Å². The zero-order chi connectivity index (χ0) is 16.9. The Morgan fingerprint density at radius 1 is 1.12 bits per heavy atom. The number of pyridine rings is 1. The fourth-order valence-electron chi connectivity index (χ4n) is 2.85. The Balaban J connectivity index is 0.00000169. The molecule has 2 heterocycles. The van der Waals surface area contributed by atoms with E-state index in [9.17, 15) is 9.59 Å². The fraction of sp³-hybridized carbons (Fsp3) is 0.368. The van der Waals surface area contributed by atoms with E-state index < -0.39 is 0 Å². The number of carbonyl (C=O) groups is 1. The molecule has 26 heavy (non-hydrogen) atoms. The molecule has 7 heteroatoms. The van der Waals surface area contributed by atoms with E-state index in [0.29, 0.717) is 5.56 Å². The van der Waals surface area contributed by atoms with Crippen molar-refractivity contribution in [2.75, 3.05) is 33.2 Å². The minimum absolute atomic E-state index is 0. The van der Waals surface area contributed by atoms with E-state index in [1.165, 1.54) is 16.2 Å². The molecule has 135 valence electrons. The average Bonchev–Trinajstić information content (AvgIpc) is 2.59. The van der Waals surface area contributed by atoms with Crippen LogP contribution in [0.3, 0.4) is 0 Å². The van der Waals surface area contributed by atoms with Crippen LogP contribution in [-0.2, 0) is 34.2 Å². The van der Waals surface area contributed by atoms with E-state index in [2.05, 4.69) is 22.9 Å². The molecule has 1 aromatic heterocycles. The van der Waals surface area contributed by atoms with Crippen molar-refractivity contribution in [3.05, 3.63) is 70.1 Å². The molecule has 1 aliphatic rings. The van der Waals surface area contributed by atoms with E-state index in [-0.39, 0.29) is 47.4 Å². The van der Waals surface area contributed by atoms with Gasteiger partial charge in [-0.3, -0.25) is 9.69 Å². The van der Waals surface area contributed by atoms with Crippen LogP contribution in [0.25, 0.3) is 0 Å². The van der Waals surface area contributed by atoms with Crippen LogP contribution in [0.1, 0.15) is 15.9 Å². The Kier molecular flexibility index (Phi) is 9.20. The van der Waals surface area contributed by atoms with Gasteiger partial charge in [0.1, 0.15) is 5.56 Å². The Labute approximate surface area is 170 Å². The van der Waals surface area contributed by atoms with Crippen LogP contribution < -0.4 is 5.56 Å². The summed E-state index contributed by atoms with van der Waals surface area (Å²) in [4.78, 5) is 28.7. The van der Waals surface area contributed by atoms with Crippen molar-refractivity contribution in [1.82, 2.24) is 14.4 Å². The summed E-state index contributed by atoms with van der Waals surface area (Å²) in [7, 11) is 2.15. The van der Waals surface area contributed by atoms with Gasteiger partial charge in [0.25, 0.3) is 0 Å². The third-order valence-electron chi connectivity index (χ3n) is 4.43. The largest absolute Gasteiger partial charge is 0.415 e. The standard InChI is InChI=1S/C19H22N3O2.B.W/c1-20-10-12-21(13-11-20)14-16-5-7-17(8-6-16)18(23)15-22-9-3-2-4-19(22)24;;/h3-9H,10-15H2,1H3;;/q-1;;. The summed E-state index contributed by atoms with van der Waals surface area (Å²) in [5.41, 5.74) is 1.64. The van der Waals surface area contributed by atoms with Gasteiger partial charge in [0.2, 0.25) is 0 Å². The molecule has 0 bridgehead atoms. The first kappa shape index (κ1) is 22.6. The van der Waals surface area contributed by atoms with Gasteiger partial charge < -0.3 is 14.3 Å². The molecule has 1 fully saturated rings. The second-order valence-electron chi connectivity index (χ2n) is 6.29. The summed E-state index contributed by atoms with van der Waals surface area (Å²) in [5, 5.41) is 0. The van der Waals surface area contributed by atoms with Gasteiger partial charge >= 0.3 is 0 Å². The van der Waals surface area contributed by atoms with Crippen LogP contribution in [0.2, 0.25) is 0 Å². The van der Waals surface area contributed by atoms with Crippen LogP contribution >= 0.6 is 0 Å². The van der Waals surface area contributed by atoms with Crippen LogP contribution in [0.4, 0.5) is 0 Å². The minimum atomic E-state index is -0.211. The molecule has 3 rings (SSSR count). The number of piperazine rings is 1. The second-order valence-corrected chi connectivity index (χ2v) is 6.29. The zero-order valence-electron chi connectivity index (χ0n) is 14.9. The number of benzene rings is 1. The summed E-state index contributed by atoms with van der Waals surface area (Å²) in [5.74, 6) is -0.0607. The molecular weight excluding hydrogens is 497 g/mol. The normalized spacial score (nSPS) is 15.0. The molecule has 1 aromatic carbocycles. The quantitative estimate of drug-likeness (QED) is 0.335. The number of likely N-dealkylation sites (N-methyl/N-ethyl adjacent to an activating group) is 1. The predicted octanol–water partition coefficient (Wildman–Crippen LogP) is 0.895. The van der Waals surface area contributed by atoms with Crippen molar-refractivity contribution < 1.29 is 25.9 Å². The number of aromatic nitrogens is 1. The number of hydrogen-bond acceptors (Lipinski definition) is 4. The number of carbonyl (C=O) groups excluding carboxylic acids is 1. The van der Waals surface area contributed by atoms with Crippen LogP contribution in [0.5, 0.6) is 0 Å². The monoisotopic (exact) mass is 519 g/mol. The van der Waals surface area contributed by atoms with E-state index in [1.807, 2.05) is 24.3 Å². The predicted molar refractivity (Wildman–Crippen MR) is 98.8 cm³/mol. The first-order valence-electron chi connectivity index (χ1n) is 8.21. The van der Waals surface area contributed by atoms with Crippen LogP contribution in [0, 0.1) is 6.07 Å². The molecule has 0 amide bonds. The smallest absolute Gasteiger partial charge is 0.180 e. The van der Waals surface area contributed by atoms with E-state index in [0.717, 1.165) is 32.7 Å². The summed E-state index contributed by atoms with van der Waals surface area (Å²) in [6.45, 7) is 5.32. The molecule has 0 atom stereocenters. The minimum Gasteiger partial charge on any atom is -0.415 e. The van der Waals surface area contributed by atoms with Gasteiger partial charge in [-0.1, -0.05) is 24.3 Å². The van der Waals surface area contributed by atoms with Crippen molar-refractivity contribution >= 4 is 14.2 Å². The molecule has 2 aromatic rings. The maximum absolute atomic E-state index is 12.3. The number of Topliss-reactive ketones (excluding diaryl/α,β-unsaturated/α-hetero) is 1. The summed E-state index contributed by atoms with van der Waals surface area (Å²) < 4.78 is 1.40. The van der Waals surface area contributed by atoms with E-state index in [4.69, 9.17) is 0 Å². The van der Waals surface area contributed by atoms with Gasteiger partial charge in [-0.05, 0) is 12.6 Å². The third kappa shape index (κ3) is 6.05. The molecule has 1 saturated heterocycles. The number of hydrogen-bond donors (Lipinski definition) is 0. The molecule has 1 aliphatic heterocycles.